The number of anilines is 2. The number of nitrogens with zero attached hydrogens (tertiary/aromatic N) is 1. The summed E-state index contributed by atoms with van der Waals surface area (Å²) in [5.74, 6) is 0.318. The van der Waals surface area contributed by atoms with Crippen molar-refractivity contribution in [2.75, 3.05) is 18.6 Å². The maximum Gasteiger partial charge on any atom is 0.297 e. The number of nitro groups is 1. The van der Waals surface area contributed by atoms with Gasteiger partial charge in [-0.25, -0.2) is 0 Å². The van der Waals surface area contributed by atoms with Crippen molar-refractivity contribution in [3.05, 3.63) is 22.2 Å². The number of nitro benzene ring substituents is 1. The van der Waals surface area contributed by atoms with Gasteiger partial charge in [-0.1, -0.05) is 0 Å². The molecule has 0 atom stereocenters. The lowest BCUT2D eigenvalue weighted by molar-refractivity contribution is -0.383. The third-order valence-electron chi connectivity index (χ3n) is 1.60. The molecule has 0 heterocycles. The molecule has 0 aliphatic rings. The van der Waals surface area contributed by atoms with E-state index in [0.29, 0.717) is 5.75 Å². The number of methoxy groups -OCH3 is 1. The minimum Gasteiger partial charge on any atom is -0.496 e. The second-order valence-corrected chi connectivity index (χ2v) is 2.41. The van der Waals surface area contributed by atoms with Crippen LogP contribution in [-0.2, 0) is 0 Å². The largest absolute Gasteiger partial charge is 0.496 e. The predicted octanol–water partition coefficient (Wildman–Crippen LogP) is 0.768. The van der Waals surface area contributed by atoms with E-state index in [4.69, 9.17) is 16.2 Å². The van der Waals surface area contributed by atoms with Crippen LogP contribution in [-0.4, -0.2) is 12.0 Å². The Hall–Kier alpha value is -1.98. The van der Waals surface area contributed by atoms with Crippen molar-refractivity contribution in [3.63, 3.8) is 0 Å². The van der Waals surface area contributed by atoms with Gasteiger partial charge in [0.1, 0.15) is 11.4 Å². The molecule has 0 bridgehead atoms. The van der Waals surface area contributed by atoms with Crippen LogP contribution in [0.4, 0.5) is 17.1 Å². The molecule has 0 saturated carbocycles. The van der Waals surface area contributed by atoms with Crippen LogP contribution < -0.4 is 16.2 Å². The van der Waals surface area contributed by atoms with Crippen LogP contribution in [0.2, 0.25) is 0 Å². The topological polar surface area (TPSA) is 104 Å². The highest BCUT2D eigenvalue weighted by Gasteiger charge is 2.15. The standard InChI is InChI=1S/C7H9N3O3/c1-13-4-2-5(8)7(9)6(3-4)10(11)12/h2-3H,8-9H2,1H3. The summed E-state index contributed by atoms with van der Waals surface area (Å²) in [6.07, 6.45) is 0. The van der Waals surface area contributed by atoms with Crippen molar-refractivity contribution in [2.24, 2.45) is 0 Å². The highest BCUT2D eigenvalue weighted by Crippen LogP contribution is 2.32. The second-order valence-electron chi connectivity index (χ2n) is 2.41. The highest BCUT2D eigenvalue weighted by molar-refractivity contribution is 5.76. The van der Waals surface area contributed by atoms with Crippen molar-refractivity contribution in [1.82, 2.24) is 0 Å². The lowest BCUT2D eigenvalue weighted by Gasteiger charge is -2.04. The predicted molar refractivity (Wildman–Crippen MR) is 48.5 cm³/mol. The highest BCUT2D eigenvalue weighted by atomic mass is 16.6. The summed E-state index contributed by atoms with van der Waals surface area (Å²) < 4.78 is 4.80. The zero-order valence-corrected chi connectivity index (χ0v) is 6.98. The van der Waals surface area contributed by atoms with E-state index in [1.165, 1.54) is 19.2 Å². The molecule has 6 heteroatoms. The Balaban J connectivity index is 3.33. The third-order valence-corrected chi connectivity index (χ3v) is 1.60. The Bertz CT molecular complexity index is 351. The van der Waals surface area contributed by atoms with Crippen LogP contribution in [0.3, 0.4) is 0 Å². The summed E-state index contributed by atoms with van der Waals surface area (Å²) in [5, 5.41) is 10.5. The van der Waals surface area contributed by atoms with Crippen LogP contribution in [0, 0.1) is 10.1 Å². The summed E-state index contributed by atoms with van der Waals surface area (Å²) in [4.78, 5) is 9.85. The van der Waals surface area contributed by atoms with E-state index in [2.05, 4.69) is 0 Å². The van der Waals surface area contributed by atoms with E-state index in [1.54, 1.807) is 0 Å². The van der Waals surface area contributed by atoms with Gasteiger partial charge in [0.25, 0.3) is 5.69 Å². The van der Waals surface area contributed by atoms with Gasteiger partial charge in [0.2, 0.25) is 0 Å². The molecule has 70 valence electrons. The van der Waals surface area contributed by atoms with Crippen molar-refractivity contribution >= 4 is 17.1 Å². The van der Waals surface area contributed by atoms with Crippen LogP contribution in [0.25, 0.3) is 0 Å². The molecule has 6 nitrogen and oxygen atoms in total. The van der Waals surface area contributed by atoms with E-state index in [1.807, 2.05) is 0 Å². The third kappa shape index (κ3) is 1.61. The first-order valence-corrected chi connectivity index (χ1v) is 3.43. The van der Waals surface area contributed by atoms with Crippen molar-refractivity contribution in [1.29, 1.82) is 0 Å². The number of hydrogen-bond acceptors (Lipinski definition) is 5. The van der Waals surface area contributed by atoms with Gasteiger partial charge in [-0.15, -0.1) is 0 Å². The first kappa shape index (κ1) is 9.11. The average molecular weight is 183 g/mol. The molecular formula is C7H9N3O3. The Morgan fingerprint density at radius 2 is 2.08 bits per heavy atom. The van der Waals surface area contributed by atoms with E-state index in [0.717, 1.165) is 0 Å². The van der Waals surface area contributed by atoms with Gasteiger partial charge in [-0.2, -0.15) is 0 Å². The second kappa shape index (κ2) is 3.18. The molecule has 0 aliphatic carbocycles. The molecule has 0 unspecified atom stereocenters. The fourth-order valence-corrected chi connectivity index (χ4v) is 0.902. The van der Waals surface area contributed by atoms with Crippen molar-refractivity contribution in [2.45, 2.75) is 0 Å². The maximum atomic E-state index is 10.5. The SMILES string of the molecule is COc1cc(N)c(N)c([N+](=O)[O-])c1. The molecule has 0 spiro atoms. The molecule has 1 aromatic rings. The van der Waals surface area contributed by atoms with Gasteiger partial charge in [-0.3, -0.25) is 10.1 Å². The van der Waals surface area contributed by atoms with Gasteiger partial charge >= 0.3 is 0 Å². The summed E-state index contributed by atoms with van der Waals surface area (Å²) in [7, 11) is 1.40. The fourth-order valence-electron chi connectivity index (χ4n) is 0.902. The Kier molecular flexibility index (Phi) is 2.23. The smallest absolute Gasteiger partial charge is 0.297 e. The van der Waals surface area contributed by atoms with Gasteiger partial charge in [0, 0.05) is 6.07 Å². The number of ether oxygens (including phenoxy) is 1. The quantitative estimate of drug-likeness (QED) is 0.400. The number of rotatable bonds is 2. The normalized spacial score (nSPS) is 9.62. The summed E-state index contributed by atoms with van der Waals surface area (Å²) in [6, 6.07) is 2.66. The summed E-state index contributed by atoms with van der Waals surface area (Å²) >= 11 is 0. The molecule has 0 amide bonds. The van der Waals surface area contributed by atoms with E-state index < -0.39 is 4.92 Å². The lowest BCUT2D eigenvalue weighted by atomic mass is 10.2. The Morgan fingerprint density at radius 3 is 2.54 bits per heavy atom. The zero-order valence-electron chi connectivity index (χ0n) is 6.98. The van der Waals surface area contributed by atoms with Crippen LogP contribution >= 0.6 is 0 Å². The van der Waals surface area contributed by atoms with Crippen LogP contribution in [0.1, 0.15) is 0 Å². The molecule has 13 heavy (non-hydrogen) atoms. The Morgan fingerprint density at radius 1 is 1.46 bits per heavy atom. The van der Waals surface area contributed by atoms with E-state index in [-0.39, 0.29) is 17.1 Å². The van der Waals surface area contributed by atoms with Gasteiger partial charge < -0.3 is 16.2 Å². The molecule has 0 radical (unpaired) electrons. The van der Waals surface area contributed by atoms with Gasteiger partial charge in [0.15, 0.2) is 0 Å². The maximum absolute atomic E-state index is 10.5. The lowest BCUT2D eigenvalue weighted by Crippen LogP contribution is -2.01. The minimum absolute atomic E-state index is 0.0363. The number of nitrogen functional groups attached to an aromatic ring is 2. The molecule has 0 aliphatic heterocycles. The fraction of sp³-hybridized carbons (Fsp3) is 0.143. The molecule has 1 rings (SSSR count). The Labute approximate surface area is 74.2 Å². The molecule has 0 fully saturated rings. The average Bonchev–Trinajstić information content (AvgIpc) is 2.09. The van der Waals surface area contributed by atoms with E-state index >= 15 is 0 Å². The van der Waals surface area contributed by atoms with Crippen molar-refractivity contribution in [3.8, 4) is 5.75 Å². The van der Waals surface area contributed by atoms with Gasteiger partial charge in [-0.05, 0) is 0 Å². The van der Waals surface area contributed by atoms with Gasteiger partial charge in [0.05, 0.1) is 23.8 Å². The first-order chi connectivity index (χ1) is 6.06. The molecule has 0 aromatic heterocycles. The molecular weight excluding hydrogens is 174 g/mol. The van der Waals surface area contributed by atoms with Crippen molar-refractivity contribution < 1.29 is 9.66 Å². The minimum atomic E-state index is -0.603. The molecule has 0 saturated heterocycles. The summed E-state index contributed by atoms with van der Waals surface area (Å²) in [6.45, 7) is 0. The van der Waals surface area contributed by atoms with Crippen LogP contribution in [0.5, 0.6) is 5.75 Å². The van der Waals surface area contributed by atoms with E-state index in [9.17, 15) is 10.1 Å². The number of nitrogens with two attached hydrogens (primary N) is 2. The molecule has 4 N–H and O–H groups in total. The van der Waals surface area contributed by atoms with Crippen LogP contribution in [0.15, 0.2) is 12.1 Å². The monoisotopic (exact) mass is 183 g/mol. The summed E-state index contributed by atoms with van der Waals surface area (Å²) in [5.41, 5.74) is 10.7. The first-order valence-electron chi connectivity index (χ1n) is 3.43. The number of hydrogen-bond donors (Lipinski definition) is 2. The zero-order chi connectivity index (χ0) is 10.0. The molecule has 1 aromatic carbocycles. The number of benzene rings is 1.